The molecule has 2 heterocycles. The van der Waals surface area contributed by atoms with Gasteiger partial charge in [-0.15, -0.1) is 11.3 Å². The molecule has 1 aliphatic heterocycles. The Labute approximate surface area is 110 Å². The third-order valence-electron chi connectivity index (χ3n) is 3.34. The Balaban J connectivity index is 2.64. The van der Waals surface area contributed by atoms with E-state index in [1.807, 2.05) is 0 Å². The molecule has 0 spiro atoms. The van der Waals surface area contributed by atoms with Gasteiger partial charge in [0.05, 0.1) is 21.6 Å². The topological polar surface area (TPSA) is 59.0 Å². The van der Waals surface area contributed by atoms with Gasteiger partial charge in [-0.1, -0.05) is 19.1 Å². The molecule has 1 aromatic heterocycles. The normalized spacial score (nSPS) is 22.9. The molecule has 2 N–H and O–H groups in total. The van der Waals surface area contributed by atoms with Crippen molar-refractivity contribution in [1.29, 1.82) is 5.26 Å². The zero-order valence-corrected chi connectivity index (χ0v) is 11.5. The Morgan fingerprint density at radius 1 is 1.59 bits per heavy atom. The number of hydrogen-bond acceptors (Lipinski definition) is 5. The van der Waals surface area contributed by atoms with E-state index in [9.17, 15) is 5.26 Å². The van der Waals surface area contributed by atoms with Crippen LogP contribution < -0.4 is 5.73 Å². The zero-order chi connectivity index (χ0) is 12.6. The molecule has 0 aliphatic carbocycles. The Morgan fingerprint density at radius 2 is 2.29 bits per heavy atom. The van der Waals surface area contributed by atoms with Gasteiger partial charge in [0, 0.05) is 12.0 Å². The van der Waals surface area contributed by atoms with Crippen molar-refractivity contribution in [1.82, 2.24) is 0 Å². The predicted molar refractivity (Wildman–Crippen MR) is 71.5 cm³/mol. The second-order valence-electron chi connectivity index (χ2n) is 4.47. The van der Waals surface area contributed by atoms with Crippen LogP contribution in [0, 0.1) is 15.2 Å². The Hall–Kier alpha value is -0.960. The lowest BCUT2D eigenvalue weighted by Crippen LogP contribution is -2.35. The summed E-state index contributed by atoms with van der Waals surface area (Å²) >= 11 is 6.59. The lowest BCUT2D eigenvalue weighted by atomic mass is 9.87. The highest BCUT2D eigenvalue weighted by molar-refractivity contribution is 7.73. The zero-order valence-electron chi connectivity index (χ0n) is 9.87. The molecule has 0 fully saturated rings. The molecule has 0 saturated carbocycles. The van der Waals surface area contributed by atoms with Crippen LogP contribution in [0.25, 0.3) is 0 Å². The molecule has 0 bridgehead atoms. The highest BCUT2D eigenvalue weighted by Gasteiger charge is 2.32. The summed E-state index contributed by atoms with van der Waals surface area (Å²) in [6.45, 7) is 4.64. The molecule has 0 aromatic carbocycles. The van der Waals surface area contributed by atoms with Crippen LogP contribution in [0.3, 0.4) is 0 Å². The number of nitriles is 1. The summed E-state index contributed by atoms with van der Waals surface area (Å²) in [4.78, 5) is 0. The van der Waals surface area contributed by atoms with Crippen molar-refractivity contribution in [2.45, 2.75) is 38.9 Å². The van der Waals surface area contributed by atoms with Crippen LogP contribution in [-0.2, 0) is 17.8 Å². The van der Waals surface area contributed by atoms with Crippen LogP contribution in [0.4, 0.5) is 5.00 Å². The summed E-state index contributed by atoms with van der Waals surface area (Å²) in [6.07, 6.45) is 1.62. The minimum Gasteiger partial charge on any atom is -0.389 e. The van der Waals surface area contributed by atoms with Gasteiger partial charge in [-0.25, -0.2) is 0 Å². The molecule has 17 heavy (non-hydrogen) atoms. The SMILES string of the molecule is CC[C@@]1(C)Cc2c(C#N)c(N)sc(=S)c2CO1. The third kappa shape index (κ3) is 2.08. The molecule has 0 radical (unpaired) electrons. The van der Waals surface area contributed by atoms with E-state index in [1.54, 1.807) is 0 Å². The average Bonchev–Trinajstić information content (AvgIpc) is 2.29. The number of anilines is 1. The lowest BCUT2D eigenvalue weighted by molar-refractivity contribution is -0.0564. The van der Waals surface area contributed by atoms with Crippen molar-refractivity contribution >= 4 is 28.6 Å². The van der Waals surface area contributed by atoms with Gasteiger partial charge in [-0.2, -0.15) is 5.26 Å². The maximum absolute atomic E-state index is 9.21. The third-order valence-corrected chi connectivity index (χ3v) is 4.69. The molecule has 90 valence electrons. The fraction of sp³-hybridized carbons (Fsp3) is 0.500. The van der Waals surface area contributed by atoms with Gasteiger partial charge in [-0.3, -0.25) is 0 Å². The highest BCUT2D eigenvalue weighted by atomic mass is 32.1. The van der Waals surface area contributed by atoms with Gasteiger partial charge in [0.25, 0.3) is 0 Å². The molecule has 3 nitrogen and oxygen atoms in total. The largest absolute Gasteiger partial charge is 0.389 e. The molecular weight excluding hydrogens is 252 g/mol. The van der Waals surface area contributed by atoms with E-state index in [2.05, 4.69) is 19.9 Å². The van der Waals surface area contributed by atoms with E-state index in [0.717, 1.165) is 21.4 Å². The Morgan fingerprint density at radius 3 is 2.88 bits per heavy atom. The summed E-state index contributed by atoms with van der Waals surface area (Å²) < 4.78 is 6.60. The number of ether oxygens (including phenoxy) is 1. The Kier molecular flexibility index (Phi) is 3.21. The first kappa shape index (κ1) is 12.5. The van der Waals surface area contributed by atoms with Crippen molar-refractivity contribution < 1.29 is 4.74 Å². The van der Waals surface area contributed by atoms with Gasteiger partial charge in [0.15, 0.2) is 0 Å². The van der Waals surface area contributed by atoms with E-state index in [-0.39, 0.29) is 5.60 Å². The number of nitrogens with zero attached hydrogens (tertiary/aromatic N) is 1. The quantitative estimate of drug-likeness (QED) is 0.793. The van der Waals surface area contributed by atoms with Crippen molar-refractivity contribution in [3.8, 4) is 6.07 Å². The molecule has 1 atom stereocenters. The molecule has 5 heteroatoms. The summed E-state index contributed by atoms with van der Waals surface area (Å²) in [7, 11) is 0. The first-order valence-electron chi connectivity index (χ1n) is 5.49. The first-order chi connectivity index (χ1) is 8.00. The predicted octanol–water partition coefficient (Wildman–Crippen LogP) is 3.17. The first-order valence-corrected chi connectivity index (χ1v) is 6.71. The second kappa shape index (κ2) is 4.37. The maximum atomic E-state index is 9.21. The molecular formula is C12H14N2OS2. The van der Waals surface area contributed by atoms with Crippen molar-refractivity contribution in [3.05, 3.63) is 20.5 Å². The molecule has 0 saturated heterocycles. The summed E-state index contributed by atoms with van der Waals surface area (Å²) in [5.41, 5.74) is 8.21. The van der Waals surface area contributed by atoms with E-state index in [1.165, 1.54) is 11.3 Å². The van der Waals surface area contributed by atoms with Gasteiger partial charge < -0.3 is 10.5 Å². The number of fused-ring (bicyclic) bond motifs is 1. The van der Waals surface area contributed by atoms with Crippen LogP contribution >= 0.6 is 23.6 Å². The van der Waals surface area contributed by atoms with Crippen LogP contribution in [0.15, 0.2) is 0 Å². The van der Waals surface area contributed by atoms with E-state index in [4.69, 9.17) is 22.7 Å². The van der Waals surface area contributed by atoms with Crippen LogP contribution in [-0.4, -0.2) is 5.60 Å². The van der Waals surface area contributed by atoms with Crippen molar-refractivity contribution in [3.63, 3.8) is 0 Å². The number of nitrogens with two attached hydrogens (primary N) is 1. The van der Waals surface area contributed by atoms with Crippen LogP contribution in [0.5, 0.6) is 0 Å². The number of nitrogen functional groups attached to an aromatic ring is 1. The lowest BCUT2D eigenvalue weighted by Gasteiger charge is -2.34. The smallest absolute Gasteiger partial charge is 0.105 e. The monoisotopic (exact) mass is 266 g/mol. The van der Waals surface area contributed by atoms with Gasteiger partial charge in [-0.05, 0) is 18.9 Å². The minimum atomic E-state index is -0.209. The molecule has 2 rings (SSSR count). The average molecular weight is 266 g/mol. The van der Waals surface area contributed by atoms with Crippen molar-refractivity contribution in [2.24, 2.45) is 0 Å². The fourth-order valence-electron chi connectivity index (χ4n) is 2.00. The highest BCUT2D eigenvalue weighted by Crippen LogP contribution is 2.36. The number of rotatable bonds is 1. The van der Waals surface area contributed by atoms with Crippen molar-refractivity contribution in [2.75, 3.05) is 5.73 Å². The second-order valence-corrected chi connectivity index (χ2v) is 6.19. The van der Waals surface area contributed by atoms with Crippen LogP contribution in [0.1, 0.15) is 37.0 Å². The molecule has 1 aliphatic rings. The van der Waals surface area contributed by atoms with Gasteiger partial charge >= 0.3 is 0 Å². The Bertz CT molecular complexity index is 559. The summed E-state index contributed by atoms with van der Waals surface area (Å²) in [5.74, 6) is 0. The summed E-state index contributed by atoms with van der Waals surface area (Å²) in [6, 6.07) is 2.20. The van der Waals surface area contributed by atoms with E-state index >= 15 is 0 Å². The maximum Gasteiger partial charge on any atom is 0.105 e. The van der Waals surface area contributed by atoms with E-state index < -0.39 is 0 Å². The van der Waals surface area contributed by atoms with E-state index in [0.29, 0.717) is 23.6 Å². The number of hydrogen-bond donors (Lipinski definition) is 1. The minimum absolute atomic E-state index is 0.209. The molecule has 0 amide bonds. The standard InChI is InChI=1S/C12H14N2OS2/c1-3-12(2)4-7-8(5-13)10(14)17-11(16)9(7)6-15-12/h3-4,6,14H2,1-2H3/t12-/m0/s1. The molecule has 1 aromatic rings. The summed E-state index contributed by atoms with van der Waals surface area (Å²) in [5, 5.41) is 9.73. The molecule has 0 unspecified atom stereocenters. The van der Waals surface area contributed by atoms with Gasteiger partial charge in [0.2, 0.25) is 0 Å². The van der Waals surface area contributed by atoms with Crippen LogP contribution in [0.2, 0.25) is 0 Å². The fourth-order valence-corrected chi connectivity index (χ4v) is 3.22. The van der Waals surface area contributed by atoms with Gasteiger partial charge in [0.1, 0.15) is 11.1 Å².